The van der Waals surface area contributed by atoms with E-state index in [1.807, 2.05) is 0 Å². The predicted octanol–water partition coefficient (Wildman–Crippen LogP) is -0.841. The number of aromatic hydroxyl groups is 2. The van der Waals surface area contributed by atoms with Crippen LogP contribution in [0, 0.1) is 0 Å². The summed E-state index contributed by atoms with van der Waals surface area (Å²) in [7, 11) is 0. The number of amides is 1. The minimum absolute atomic E-state index is 0.0836. The number of benzene rings is 1. The van der Waals surface area contributed by atoms with E-state index in [1.165, 1.54) is 18.3 Å². The summed E-state index contributed by atoms with van der Waals surface area (Å²) >= 11 is 0.941. The van der Waals surface area contributed by atoms with Gasteiger partial charge in [-0.05, 0) is 12.1 Å². The maximum Gasteiger partial charge on any atom is 0.239 e. The molecule has 110 valence electrons. The second kappa shape index (κ2) is 6.27. The molecule has 0 radical (unpaired) electrons. The lowest BCUT2D eigenvalue weighted by Crippen LogP contribution is -2.31. The average Bonchev–Trinajstić information content (AvgIpc) is 2.72. The summed E-state index contributed by atoms with van der Waals surface area (Å²) in [6.07, 6.45) is 0.832. The van der Waals surface area contributed by atoms with Crippen molar-refractivity contribution in [3.63, 3.8) is 0 Å². The van der Waals surface area contributed by atoms with Crippen LogP contribution in [0.1, 0.15) is 12.0 Å². The summed E-state index contributed by atoms with van der Waals surface area (Å²) in [5.74, 6) is -2.04. The van der Waals surface area contributed by atoms with Gasteiger partial charge in [0.15, 0.2) is 5.17 Å². The number of carbonyl (C=O) groups excluding carboxylic acids is 2. The molecule has 2 rings (SSSR count). The molecule has 0 bridgehead atoms. The lowest BCUT2D eigenvalue weighted by atomic mass is 10.2. The van der Waals surface area contributed by atoms with E-state index in [2.05, 4.69) is 15.5 Å². The molecule has 3 N–H and O–H groups in total. The molecule has 0 unspecified atom stereocenters. The van der Waals surface area contributed by atoms with E-state index in [1.54, 1.807) is 0 Å². The molecule has 0 spiro atoms. The van der Waals surface area contributed by atoms with Crippen molar-refractivity contribution >= 4 is 35.0 Å². The fraction of sp³-hybridized carbons (Fsp3) is 0.167. The second-order valence-electron chi connectivity index (χ2n) is 4.06. The molecule has 1 saturated heterocycles. The van der Waals surface area contributed by atoms with Crippen molar-refractivity contribution in [2.24, 2.45) is 10.2 Å². The molecule has 1 aromatic rings. The molecule has 8 nitrogen and oxygen atoms in total. The fourth-order valence-corrected chi connectivity index (χ4v) is 2.43. The lowest BCUT2D eigenvalue weighted by molar-refractivity contribution is -0.305. The number of phenolic OH excluding ortho intramolecular Hbond substituents is 2. The Hall–Kier alpha value is -2.55. The number of carboxylic acid groups (broad SMARTS) is 1. The number of hydrogen-bond donors (Lipinski definition) is 3. The first-order chi connectivity index (χ1) is 9.95. The van der Waals surface area contributed by atoms with Gasteiger partial charge in [0.1, 0.15) is 11.5 Å². The molecule has 1 aliphatic heterocycles. The zero-order chi connectivity index (χ0) is 15.4. The summed E-state index contributed by atoms with van der Waals surface area (Å²) in [5.41, 5.74) is 0.331. The third-order valence-electron chi connectivity index (χ3n) is 2.49. The highest BCUT2D eigenvalue weighted by atomic mass is 32.2. The highest BCUT2D eigenvalue weighted by Gasteiger charge is 2.30. The van der Waals surface area contributed by atoms with Gasteiger partial charge in [0.2, 0.25) is 5.91 Å². The van der Waals surface area contributed by atoms with Crippen molar-refractivity contribution in [3.8, 4) is 11.5 Å². The Balaban J connectivity index is 2.03. The molecule has 0 aromatic heterocycles. The number of amidine groups is 1. The van der Waals surface area contributed by atoms with Gasteiger partial charge in [-0.15, -0.1) is 5.10 Å². The molecule has 1 heterocycles. The zero-order valence-electron chi connectivity index (χ0n) is 10.5. The van der Waals surface area contributed by atoms with E-state index in [9.17, 15) is 19.8 Å². The largest absolute Gasteiger partial charge is 0.550 e. The first-order valence-corrected chi connectivity index (χ1v) is 6.64. The molecule has 1 fully saturated rings. The summed E-state index contributed by atoms with van der Waals surface area (Å²) in [6.45, 7) is 0. The van der Waals surface area contributed by atoms with Crippen LogP contribution in [-0.4, -0.2) is 38.7 Å². The topological polar surface area (TPSA) is 134 Å². The van der Waals surface area contributed by atoms with E-state index < -0.39 is 23.5 Å². The van der Waals surface area contributed by atoms with E-state index in [4.69, 9.17) is 5.11 Å². The van der Waals surface area contributed by atoms with Crippen LogP contribution in [0.4, 0.5) is 0 Å². The van der Waals surface area contributed by atoms with Crippen LogP contribution in [0.3, 0.4) is 0 Å². The van der Waals surface area contributed by atoms with Gasteiger partial charge in [0.25, 0.3) is 0 Å². The minimum atomic E-state index is -1.32. The van der Waals surface area contributed by atoms with Gasteiger partial charge in [-0.1, -0.05) is 11.8 Å². The first-order valence-electron chi connectivity index (χ1n) is 5.76. The quantitative estimate of drug-likeness (QED) is 0.490. The number of rotatable bonds is 4. The minimum Gasteiger partial charge on any atom is -0.550 e. The van der Waals surface area contributed by atoms with Crippen molar-refractivity contribution < 1.29 is 24.9 Å². The predicted molar refractivity (Wildman–Crippen MR) is 73.9 cm³/mol. The lowest BCUT2D eigenvalue weighted by Gasteiger charge is -2.04. The Morgan fingerprint density at radius 3 is 2.90 bits per heavy atom. The number of hydrogen-bond acceptors (Lipinski definition) is 8. The van der Waals surface area contributed by atoms with Gasteiger partial charge in [-0.3, -0.25) is 4.79 Å². The zero-order valence-corrected chi connectivity index (χ0v) is 11.3. The van der Waals surface area contributed by atoms with Crippen LogP contribution in [0.15, 0.2) is 28.4 Å². The van der Waals surface area contributed by atoms with Gasteiger partial charge in [0.05, 0.1) is 11.5 Å². The molecular formula is C12H10N3O5S-. The normalized spacial score (nSPS) is 20.1. The number of nitrogens with one attached hydrogen (secondary N) is 1. The molecule has 0 saturated carbocycles. The van der Waals surface area contributed by atoms with E-state index >= 15 is 0 Å². The highest BCUT2D eigenvalue weighted by molar-refractivity contribution is 8.15. The molecule has 1 aliphatic rings. The Kier molecular flexibility index (Phi) is 4.43. The number of carbonyl (C=O) groups is 2. The smallest absolute Gasteiger partial charge is 0.239 e. The van der Waals surface area contributed by atoms with Gasteiger partial charge >= 0.3 is 0 Å². The monoisotopic (exact) mass is 308 g/mol. The third-order valence-corrected chi connectivity index (χ3v) is 3.56. The third kappa shape index (κ3) is 3.96. The SMILES string of the molecule is O=C([O-])C[C@@H]1S/C(=N\N=C\c2ccc(O)cc2O)NC1=O. The van der Waals surface area contributed by atoms with Crippen molar-refractivity contribution in [2.75, 3.05) is 0 Å². The van der Waals surface area contributed by atoms with Gasteiger partial charge in [0, 0.05) is 24.0 Å². The van der Waals surface area contributed by atoms with Crippen LogP contribution in [0.25, 0.3) is 0 Å². The Bertz CT molecular complexity index is 644. The van der Waals surface area contributed by atoms with Crippen LogP contribution in [0.5, 0.6) is 11.5 Å². The average molecular weight is 308 g/mol. The molecule has 1 amide bonds. The summed E-state index contributed by atoms with van der Waals surface area (Å²) < 4.78 is 0. The number of aliphatic carboxylic acids is 1. The highest BCUT2D eigenvalue weighted by Crippen LogP contribution is 2.23. The Morgan fingerprint density at radius 2 is 2.24 bits per heavy atom. The first kappa shape index (κ1) is 14.9. The van der Waals surface area contributed by atoms with Crippen LogP contribution < -0.4 is 10.4 Å². The maximum absolute atomic E-state index is 11.4. The molecule has 0 aliphatic carbocycles. The van der Waals surface area contributed by atoms with Crippen LogP contribution in [0.2, 0.25) is 0 Å². The van der Waals surface area contributed by atoms with Crippen molar-refractivity contribution in [1.82, 2.24) is 5.32 Å². The van der Waals surface area contributed by atoms with Crippen molar-refractivity contribution in [2.45, 2.75) is 11.7 Å². The van der Waals surface area contributed by atoms with E-state index in [0.717, 1.165) is 17.8 Å². The second-order valence-corrected chi connectivity index (χ2v) is 5.26. The van der Waals surface area contributed by atoms with Gasteiger partial charge in [-0.25, -0.2) is 0 Å². The standard InChI is InChI=1S/C12H11N3O5S/c16-7-2-1-6(8(17)3-7)5-13-15-12-14-11(20)9(21-12)4-10(18)19/h1-3,5,9,16-17H,4H2,(H,18,19)(H,14,15,20)/p-1/b13-5+/t9-/m0/s1. The van der Waals surface area contributed by atoms with E-state index in [0.29, 0.717) is 5.56 Å². The summed E-state index contributed by atoms with van der Waals surface area (Å²) in [4.78, 5) is 21.9. The molecule has 1 aromatic carbocycles. The summed E-state index contributed by atoms with van der Waals surface area (Å²) in [5, 5.41) is 38.3. The number of nitrogens with zero attached hydrogens (tertiary/aromatic N) is 2. The van der Waals surface area contributed by atoms with Crippen LogP contribution in [-0.2, 0) is 9.59 Å². The molecule has 1 atom stereocenters. The summed E-state index contributed by atoms with van der Waals surface area (Å²) in [6, 6.07) is 3.96. The van der Waals surface area contributed by atoms with Crippen LogP contribution >= 0.6 is 11.8 Å². The van der Waals surface area contributed by atoms with Crippen molar-refractivity contribution in [1.29, 1.82) is 0 Å². The fourth-order valence-electron chi connectivity index (χ4n) is 1.52. The van der Waals surface area contributed by atoms with E-state index in [-0.39, 0.29) is 16.7 Å². The number of phenols is 2. The molecular weight excluding hydrogens is 298 g/mol. The number of carboxylic acids is 1. The maximum atomic E-state index is 11.4. The Labute approximate surface area is 123 Å². The Morgan fingerprint density at radius 1 is 1.48 bits per heavy atom. The number of thioether (sulfide) groups is 1. The molecule has 21 heavy (non-hydrogen) atoms. The van der Waals surface area contributed by atoms with Gasteiger partial charge in [-0.2, -0.15) is 5.10 Å². The molecule has 9 heteroatoms. The van der Waals surface area contributed by atoms with Crippen molar-refractivity contribution in [3.05, 3.63) is 23.8 Å². The van der Waals surface area contributed by atoms with Gasteiger partial charge < -0.3 is 25.4 Å².